The van der Waals surface area contributed by atoms with Gasteiger partial charge in [0, 0.05) is 23.3 Å². The Morgan fingerprint density at radius 2 is 1.22 bits per heavy atom. The molecule has 0 aliphatic carbocycles. The molecule has 0 radical (unpaired) electrons. The van der Waals surface area contributed by atoms with E-state index in [1.165, 1.54) is 41.7 Å². The predicted molar refractivity (Wildman–Crippen MR) is 171 cm³/mol. The SMILES string of the molecule is O=S(=O)(O)CCCSc1nc(Cc2ccc(N=Nc3ccc4cccc(S(=O)(=O)O)c4c3)cc2)nc(SCCCS(=O)(=O)O)n1. The molecule has 1 heterocycles. The van der Waals surface area contributed by atoms with Crippen molar-refractivity contribution in [3.63, 3.8) is 0 Å². The summed E-state index contributed by atoms with van der Waals surface area (Å²) in [7, 11) is -12.6. The molecule has 19 heteroatoms. The maximum absolute atomic E-state index is 11.8. The minimum Gasteiger partial charge on any atom is -0.286 e. The van der Waals surface area contributed by atoms with Crippen LogP contribution in [0.4, 0.5) is 11.4 Å². The molecule has 0 bridgehead atoms. The molecule has 0 atom stereocenters. The number of rotatable bonds is 15. The molecule has 0 amide bonds. The third-order valence-corrected chi connectivity index (χ3v) is 10.3. The molecule has 240 valence electrons. The molecular formula is C26H27N5O9S5. The molecule has 0 fully saturated rings. The summed E-state index contributed by atoms with van der Waals surface area (Å²) < 4.78 is 94.9. The summed E-state index contributed by atoms with van der Waals surface area (Å²) >= 11 is 2.38. The van der Waals surface area contributed by atoms with Crippen LogP contribution in [0, 0.1) is 0 Å². The molecule has 3 aromatic carbocycles. The van der Waals surface area contributed by atoms with E-state index in [4.69, 9.17) is 9.11 Å². The first kappa shape index (κ1) is 34.8. The van der Waals surface area contributed by atoms with E-state index in [9.17, 15) is 29.8 Å². The van der Waals surface area contributed by atoms with Gasteiger partial charge in [0.2, 0.25) is 0 Å². The van der Waals surface area contributed by atoms with E-state index in [0.717, 1.165) is 5.56 Å². The Labute approximate surface area is 268 Å². The fraction of sp³-hybridized carbons (Fsp3) is 0.269. The van der Waals surface area contributed by atoms with Crippen molar-refractivity contribution in [2.45, 2.75) is 34.5 Å². The van der Waals surface area contributed by atoms with Crippen molar-refractivity contribution >= 4 is 76.0 Å². The van der Waals surface area contributed by atoms with Crippen molar-refractivity contribution in [2.24, 2.45) is 10.2 Å². The van der Waals surface area contributed by atoms with Gasteiger partial charge < -0.3 is 0 Å². The van der Waals surface area contributed by atoms with Gasteiger partial charge in [0.25, 0.3) is 30.4 Å². The molecule has 0 unspecified atom stereocenters. The minimum atomic E-state index is -4.42. The number of fused-ring (bicyclic) bond motifs is 1. The molecule has 3 N–H and O–H groups in total. The standard InChI is InChI=1S/C26H27N5O9S5/c32-43(33,34)14-2-12-41-25-27-24(28-26(29-25)42-13-3-15-44(35,36)37)16-18-6-9-20(10-7-18)30-31-21-11-8-19-4-1-5-23(22(19)17-21)45(38,39)40/h1,4-11,17H,2-3,12-16H2,(H,32,33,34)(H,35,36,37)(H,38,39,40). The fourth-order valence-corrected chi connectivity index (χ4v) is 7.62. The maximum atomic E-state index is 11.8. The van der Waals surface area contributed by atoms with Gasteiger partial charge in [0.1, 0.15) is 10.7 Å². The average Bonchev–Trinajstić information content (AvgIpc) is 2.95. The molecule has 4 aromatic rings. The number of azo groups is 1. The van der Waals surface area contributed by atoms with Gasteiger partial charge in [-0.05, 0) is 54.1 Å². The topological polar surface area (TPSA) is 226 Å². The van der Waals surface area contributed by atoms with Gasteiger partial charge >= 0.3 is 0 Å². The summed E-state index contributed by atoms with van der Waals surface area (Å²) in [5.41, 5.74) is 1.73. The highest BCUT2D eigenvalue weighted by Gasteiger charge is 2.14. The van der Waals surface area contributed by atoms with Crippen molar-refractivity contribution in [1.29, 1.82) is 0 Å². The first-order valence-corrected chi connectivity index (χ1v) is 19.7. The Hall–Kier alpha value is -3.04. The van der Waals surface area contributed by atoms with E-state index in [2.05, 4.69) is 25.2 Å². The van der Waals surface area contributed by atoms with Crippen LogP contribution in [0.3, 0.4) is 0 Å². The number of benzene rings is 3. The first-order valence-electron chi connectivity index (χ1n) is 13.1. The molecular weight excluding hydrogens is 687 g/mol. The van der Waals surface area contributed by atoms with Crippen molar-refractivity contribution < 1.29 is 38.9 Å². The normalized spacial score (nSPS) is 12.7. The Morgan fingerprint density at radius 1 is 0.667 bits per heavy atom. The molecule has 4 rings (SSSR count). The van der Waals surface area contributed by atoms with E-state index in [1.807, 2.05) is 0 Å². The largest absolute Gasteiger partial charge is 0.295 e. The number of nitrogens with zero attached hydrogens (tertiary/aromatic N) is 5. The van der Waals surface area contributed by atoms with E-state index < -0.39 is 41.9 Å². The molecule has 1 aromatic heterocycles. The molecule has 14 nitrogen and oxygen atoms in total. The fourth-order valence-electron chi connectivity index (χ4n) is 3.89. The van der Waals surface area contributed by atoms with Crippen LogP contribution < -0.4 is 0 Å². The zero-order chi connectivity index (χ0) is 32.7. The second kappa shape index (κ2) is 15.0. The van der Waals surface area contributed by atoms with Crippen molar-refractivity contribution in [3.8, 4) is 0 Å². The highest BCUT2D eigenvalue weighted by molar-refractivity contribution is 7.99. The van der Waals surface area contributed by atoms with Crippen molar-refractivity contribution in [3.05, 3.63) is 72.1 Å². The van der Waals surface area contributed by atoms with Crippen LogP contribution in [-0.4, -0.2) is 76.9 Å². The van der Waals surface area contributed by atoms with Crippen LogP contribution in [-0.2, 0) is 36.8 Å². The number of thioether (sulfide) groups is 2. The second-order valence-corrected chi connectivity index (χ2v) is 16.1. The summed E-state index contributed by atoms with van der Waals surface area (Å²) in [4.78, 5) is 13.0. The van der Waals surface area contributed by atoms with Gasteiger partial charge in [-0.15, -0.1) is 0 Å². The molecule has 45 heavy (non-hydrogen) atoms. The van der Waals surface area contributed by atoms with E-state index in [0.29, 0.717) is 56.2 Å². The van der Waals surface area contributed by atoms with Gasteiger partial charge in [-0.1, -0.05) is 53.9 Å². The highest BCUT2D eigenvalue weighted by atomic mass is 32.2. The van der Waals surface area contributed by atoms with Crippen LogP contribution in [0.15, 0.2) is 86.1 Å². The predicted octanol–water partition coefficient (Wildman–Crippen LogP) is 5.02. The maximum Gasteiger partial charge on any atom is 0.295 e. The lowest BCUT2D eigenvalue weighted by Gasteiger charge is -2.07. The molecule has 0 aliphatic heterocycles. The summed E-state index contributed by atoms with van der Waals surface area (Å²) in [6.45, 7) is 0. The van der Waals surface area contributed by atoms with Crippen LogP contribution in [0.2, 0.25) is 0 Å². The quantitative estimate of drug-likeness (QED) is 0.0637. The molecule has 0 aliphatic rings. The van der Waals surface area contributed by atoms with E-state index in [1.54, 1.807) is 42.5 Å². The second-order valence-electron chi connectivity index (χ2n) is 9.47. The molecule has 0 saturated heterocycles. The summed E-state index contributed by atoms with van der Waals surface area (Å²) in [6.07, 6.45) is 0.663. The minimum absolute atomic E-state index is 0.179. The first-order chi connectivity index (χ1) is 21.1. The lowest BCUT2D eigenvalue weighted by molar-refractivity contribution is 0.480. The third kappa shape index (κ3) is 11.7. The lowest BCUT2D eigenvalue weighted by atomic mass is 10.1. The highest BCUT2D eigenvalue weighted by Crippen LogP contribution is 2.29. The van der Waals surface area contributed by atoms with E-state index in [-0.39, 0.29) is 17.7 Å². The van der Waals surface area contributed by atoms with E-state index >= 15 is 0 Å². The molecule has 0 spiro atoms. The van der Waals surface area contributed by atoms with Crippen molar-refractivity contribution in [2.75, 3.05) is 23.0 Å². The van der Waals surface area contributed by atoms with Crippen LogP contribution in [0.25, 0.3) is 10.8 Å². The zero-order valence-corrected chi connectivity index (χ0v) is 27.4. The lowest BCUT2D eigenvalue weighted by Crippen LogP contribution is -2.07. The van der Waals surface area contributed by atoms with Gasteiger partial charge in [0.15, 0.2) is 10.3 Å². The average molecular weight is 714 g/mol. The van der Waals surface area contributed by atoms with Crippen LogP contribution >= 0.6 is 23.5 Å². The number of aromatic nitrogens is 3. The van der Waals surface area contributed by atoms with Gasteiger partial charge in [-0.25, -0.2) is 9.97 Å². The smallest absolute Gasteiger partial charge is 0.286 e. The van der Waals surface area contributed by atoms with Crippen LogP contribution in [0.1, 0.15) is 24.2 Å². The summed E-state index contributed by atoms with van der Waals surface area (Å²) in [5, 5.41) is 10.0. The van der Waals surface area contributed by atoms with Gasteiger partial charge in [-0.2, -0.15) is 40.5 Å². The Bertz CT molecular complexity index is 1970. The van der Waals surface area contributed by atoms with Crippen molar-refractivity contribution in [1.82, 2.24) is 15.0 Å². The van der Waals surface area contributed by atoms with Gasteiger partial charge in [-0.3, -0.25) is 13.7 Å². The Morgan fingerprint density at radius 3 is 1.78 bits per heavy atom. The zero-order valence-electron chi connectivity index (χ0n) is 23.3. The third-order valence-electron chi connectivity index (χ3n) is 5.88. The summed E-state index contributed by atoms with van der Waals surface area (Å²) in [6, 6.07) is 16.5. The Balaban J connectivity index is 1.47. The van der Waals surface area contributed by atoms with Gasteiger partial charge in [0.05, 0.1) is 22.9 Å². The summed E-state index contributed by atoms with van der Waals surface area (Å²) in [5.74, 6) is 0.269. The van der Waals surface area contributed by atoms with Crippen LogP contribution in [0.5, 0.6) is 0 Å². The number of hydrogen-bond acceptors (Lipinski definition) is 13. The Kier molecular flexibility index (Phi) is 11.6. The molecule has 0 saturated carbocycles. The monoisotopic (exact) mass is 713 g/mol. The number of hydrogen-bond donors (Lipinski definition) is 3.